The van der Waals surface area contributed by atoms with Gasteiger partial charge in [0.2, 0.25) is 5.91 Å². The molecule has 1 aromatic rings. The topological polar surface area (TPSA) is 55.6 Å². The van der Waals surface area contributed by atoms with Crippen LogP contribution in [0.15, 0.2) is 18.2 Å². The Hall–Kier alpha value is -1.83. The number of likely N-dealkylation sites (tertiary alicyclic amines) is 1. The molecular weight excluding hydrogens is 304 g/mol. The normalized spacial score (nSPS) is 16.7. The molecule has 0 atom stereocenters. The lowest BCUT2D eigenvalue weighted by Crippen LogP contribution is -2.44. The number of hydrogen-bond donors (Lipinski definition) is 1. The molecule has 2 N–H and O–H groups in total. The van der Waals surface area contributed by atoms with Crippen LogP contribution in [0.1, 0.15) is 18.4 Å². The van der Waals surface area contributed by atoms with E-state index >= 15 is 0 Å². The number of alkyl halides is 3. The number of amides is 1. The Morgan fingerprint density at radius 3 is 2.50 bits per heavy atom. The molecule has 4 nitrogen and oxygen atoms in total. The Labute approximate surface area is 124 Å². The van der Waals surface area contributed by atoms with E-state index < -0.39 is 29.4 Å². The van der Waals surface area contributed by atoms with Crippen LogP contribution in [0, 0.1) is 5.82 Å². The largest absolute Gasteiger partial charge is 0.487 e. The fourth-order valence-electron chi connectivity index (χ4n) is 2.30. The summed E-state index contributed by atoms with van der Waals surface area (Å²) in [7, 11) is 0. The number of carbonyl (C=O) groups is 1. The highest BCUT2D eigenvalue weighted by Crippen LogP contribution is 2.33. The molecule has 0 aliphatic carbocycles. The van der Waals surface area contributed by atoms with E-state index in [0.717, 1.165) is 6.07 Å². The number of halogens is 4. The number of carbonyl (C=O) groups excluding carboxylic acids is 1. The number of rotatable bonds is 3. The third kappa shape index (κ3) is 3.88. The zero-order valence-electron chi connectivity index (χ0n) is 11.7. The van der Waals surface area contributed by atoms with Gasteiger partial charge in [-0.2, -0.15) is 13.2 Å². The van der Waals surface area contributed by atoms with Crippen molar-refractivity contribution < 1.29 is 27.1 Å². The van der Waals surface area contributed by atoms with Crippen LogP contribution >= 0.6 is 0 Å². The van der Waals surface area contributed by atoms with Gasteiger partial charge in [0.15, 0.2) is 11.6 Å². The Morgan fingerprint density at radius 2 is 1.95 bits per heavy atom. The summed E-state index contributed by atoms with van der Waals surface area (Å²) in [6, 6.07) is 2.07. The molecule has 1 aromatic carbocycles. The van der Waals surface area contributed by atoms with Gasteiger partial charge in [0.1, 0.15) is 6.10 Å². The molecule has 1 heterocycles. The van der Waals surface area contributed by atoms with Crippen LogP contribution in [0.25, 0.3) is 0 Å². The van der Waals surface area contributed by atoms with Crippen LogP contribution in [0.4, 0.5) is 17.6 Å². The van der Waals surface area contributed by atoms with Gasteiger partial charge >= 0.3 is 6.18 Å². The maximum Gasteiger partial charge on any atom is 0.416 e. The van der Waals surface area contributed by atoms with E-state index in [1.165, 1.54) is 0 Å². The Bertz CT molecular complexity index is 540. The second-order valence-corrected chi connectivity index (χ2v) is 5.05. The van der Waals surface area contributed by atoms with Crippen molar-refractivity contribution in [1.82, 2.24) is 4.90 Å². The highest BCUT2D eigenvalue weighted by atomic mass is 19.4. The fraction of sp³-hybridized carbons (Fsp3) is 0.500. The van der Waals surface area contributed by atoms with Crippen molar-refractivity contribution >= 4 is 5.91 Å². The van der Waals surface area contributed by atoms with E-state index in [2.05, 4.69) is 0 Å². The number of piperidine rings is 1. The Kier molecular flexibility index (Phi) is 4.90. The summed E-state index contributed by atoms with van der Waals surface area (Å²) in [5.41, 5.74) is 4.30. The van der Waals surface area contributed by atoms with Gasteiger partial charge in [-0.1, -0.05) is 0 Å². The molecule has 1 saturated heterocycles. The molecule has 8 heteroatoms. The fourth-order valence-corrected chi connectivity index (χ4v) is 2.30. The van der Waals surface area contributed by atoms with Gasteiger partial charge in [-0.3, -0.25) is 4.79 Å². The van der Waals surface area contributed by atoms with Crippen molar-refractivity contribution in [3.8, 4) is 5.75 Å². The van der Waals surface area contributed by atoms with Crippen molar-refractivity contribution in [3.63, 3.8) is 0 Å². The lowest BCUT2D eigenvalue weighted by Gasteiger charge is -2.32. The Morgan fingerprint density at radius 1 is 1.32 bits per heavy atom. The molecule has 0 saturated carbocycles. The maximum absolute atomic E-state index is 13.6. The van der Waals surface area contributed by atoms with Gasteiger partial charge in [0.25, 0.3) is 0 Å². The molecule has 1 aliphatic heterocycles. The number of nitrogens with two attached hydrogens (primary N) is 1. The van der Waals surface area contributed by atoms with Gasteiger partial charge in [-0.05, 0) is 18.2 Å². The van der Waals surface area contributed by atoms with E-state index in [-0.39, 0.29) is 12.5 Å². The highest BCUT2D eigenvalue weighted by molar-refractivity contribution is 5.78. The standard InChI is InChI=1S/C14H16F4N2O2/c15-11-2-1-9(14(16,17)18)7-12(11)22-10-3-5-20(6-4-10)13(21)8-19/h1-2,7,10H,3-6,8,19H2. The number of hydrogen-bond acceptors (Lipinski definition) is 3. The van der Waals surface area contributed by atoms with Crippen LogP contribution in [-0.4, -0.2) is 36.5 Å². The molecule has 0 radical (unpaired) electrons. The van der Waals surface area contributed by atoms with Gasteiger partial charge < -0.3 is 15.4 Å². The van der Waals surface area contributed by atoms with Crippen LogP contribution < -0.4 is 10.5 Å². The van der Waals surface area contributed by atoms with Crippen molar-refractivity contribution in [2.24, 2.45) is 5.73 Å². The van der Waals surface area contributed by atoms with Crippen molar-refractivity contribution in [2.75, 3.05) is 19.6 Å². The Balaban J connectivity index is 2.02. The van der Waals surface area contributed by atoms with Crippen LogP contribution in [0.3, 0.4) is 0 Å². The lowest BCUT2D eigenvalue weighted by atomic mass is 10.1. The van der Waals surface area contributed by atoms with E-state index in [1.54, 1.807) is 4.90 Å². The summed E-state index contributed by atoms with van der Waals surface area (Å²) in [6.45, 7) is 0.691. The molecule has 1 amide bonds. The molecule has 0 unspecified atom stereocenters. The second-order valence-electron chi connectivity index (χ2n) is 5.05. The van der Waals surface area contributed by atoms with Crippen molar-refractivity contribution in [3.05, 3.63) is 29.6 Å². The van der Waals surface area contributed by atoms with Crippen molar-refractivity contribution in [1.29, 1.82) is 0 Å². The number of nitrogens with zero attached hydrogens (tertiary/aromatic N) is 1. The first kappa shape index (κ1) is 16.5. The molecule has 0 bridgehead atoms. The molecule has 1 fully saturated rings. The first-order valence-electron chi connectivity index (χ1n) is 6.82. The zero-order chi connectivity index (χ0) is 16.3. The molecular formula is C14H16F4N2O2. The molecule has 0 spiro atoms. The van der Waals surface area contributed by atoms with E-state index in [4.69, 9.17) is 10.5 Å². The zero-order valence-corrected chi connectivity index (χ0v) is 11.7. The third-order valence-electron chi connectivity index (χ3n) is 3.52. The first-order valence-corrected chi connectivity index (χ1v) is 6.82. The minimum atomic E-state index is -4.55. The predicted molar refractivity (Wildman–Crippen MR) is 70.7 cm³/mol. The number of ether oxygens (including phenoxy) is 1. The molecule has 0 aromatic heterocycles. The maximum atomic E-state index is 13.6. The minimum absolute atomic E-state index is 0.0895. The SMILES string of the molecule is NCC(=O)N1CCC(Oc2cc(C(F)(F)F)ccc2F)CC1. The average Bonchev–Trinajstić information content (AvgIpc) is 2.48. The van der Waals surface area contributed by atoms with Crippen molar-refractivity contribution in [2.45, 2.75) is 25.1 Å². The lowest BCUT2D eigenvalue weighted by molar-refractivity contribution is -0.138. The second kappa shape index (κ2) is 6.51. The van der Waals surface area contributed by atoms with Crippen LogP contribution in [0.5, 0.6) is 5.75 Å². The van der Waals surface area contributed by atoms with Gasteiger partial charge in [-0.25, -0.2) is 4.39 Å². The summed E-state index contributed by atoms with van der Waals surface area (Å²) in [4.78, 5) is 13.0. The van der Waals surface area contributed by atoms with Crippen LogP contribution in [0.2, 0.25) is 0 Å². The van der Waals surface area contributed by atoms with Crippen LogP contribution in [-0.2, 0) is 11.0 Å². The van der Waals surface area contributed by atoms with Gasteiger partial charge in [0.05, 0.1) is 12.1 Å². The monoisotopic (exact) mass is 320 g/mol. The third-order valence-corrected chi connectivity index (χ3v) is 3.52. The average molecular weight is 320 g/mol. The summed E-state index contributed by atoms with van der Waals surface area (Å²) < 4.78 is 56.8. The smallest absolute Gasteiger partial charge is 0.416 e. The van der Waals surface area contributed by atoms with E-state index in [9.17, 15) is 22.4 Å². The van der Waals surface area contributed by atoms with Gasteiger partial charge in [-0.15, -0.1) is 0 Å². The molecule has 2 rings (SSSR count). The molecule has 1 aliphatic rings. The summed E-state index contributed by atoms with van der Waals surface area (Å²) >= 11 is 0. The molecule has 122 valence electrons. The quantitative estimate of drug-likeness (QED) is 0.869. The first-order chi connectivity index (χ1) is 10.3. The highest BCUT2D eigenvalue weighted by Gasteiger charge is 2.32. The summed E-state index contributed by atoms with van der Waals surface area (Å²) in [5, 5.41) is 0. The van der Waals surface area contributed by atoms with E-state index in [0.29, 0.717) is 38.1 Å². The van der Waals surface area contributed by atoms with E-state index in [1.807, 2.05) is 0 Å². The number of benzene rings is 1. The summed E-state index contributed by atoms with van der Waals surface area (Å²) in [6.07, 6.45) is -4.15. The van der Waals surface area contributed by atoms with Gasteiger partial charge in [0, 0.05) is 25.9 Å². The summed E-state index contributed by atoms with van der Waals surface area (Å²) in [5.74, 6) is -1.45. The predicted octanol–water partition coefficient (Wildman–Crippen LogP) is 2.17. The minimum Gasteiger partial charge on any atom is -0.487 e. The molecule has 22 heavy (non-hydrogen) atoms.